The van der Waals surface area contributed by atoms with E-state index in [0.29, 0.717) is 37.0 Å². The van der Waals surface area contributed by atoms with E-state index in [2.05, 4.69) is 27.7 Å². The molecule has 172 valence electrons. The van der Waals surface area contributed by atoms with E-state index in [-0.39, 0.29) is 47.5 Å². The Morgan fingerprint density at radius 1 is 1.10 bits per heavy atom. The predicted octanol–water partition coefficient (Wildman–Crippen LogP) is 3.84. The maximum atomic E-state index is 11.7. The van der Waals surface area contributed by atoms with Gasteiger partial charge in [-0.3, -0.25) is 0 Å². The molecule has 4 aliphatic carbocycles. The summed E-state index contributed by atoms with van der Waals surface area (Å²) >= 11 is 0. The van der Waals surface area contributed by atoms with E-state index in [1.54, 1.807) is 0 Å². The second-order valence-electron chi connectivity index (χ2n) is 11.9. The van der Waals surface area contributed by atoms with Crippen LogP contribution in [-0.2, 0) is 4.79 Å². The largest absolute Gasteiger partial charge is 0.479 e. The zero-order chi connectivity index (χ0) is 22.1. The Balaban J connectivity index is 1.64. The number of hydrogen-bond donors (Lipinski definition) is 4. The molecule has 11 atom stereocenters. The molecule has 0 aliphatic heterocycles. The Labute approximate surface area is 181 Å². The van der Waals surface area contributed by atoms with E-state index in [9.17, 15) is 25.2 Å². The first-order chi connectivity index (χ1) is 14.0. The second-order valence-corrected chi connectivity index (χ2v) is 11.9. The monoisotopic (exact) mass is 422 g/mol. The Morgan fingerprint density at radius 2 is 1.80 bits per heavy atom. The number of rotatable bonds is 4. The molecule has 4 rings (SSSR count). The minimum atomic E-state index is -1.67. The third-order valence-electron chi connectivity index (χ3n) is 10.8. The summed E-state index contributed by atoms with van der Waals surface area (Å²) in [5.41, 5.74) is -1.94. The molecular formula is C25H42O5. The van der Waals surface area contributed by atoms with Gasteiger partial charge in [0.2, 0.25) is 0 Å². The van der Waals surface area contributed by atoms with Crippen LogP contribution in [0.25, 0.3) is 0 Å². The van der Waals surface area contributed by atoms with Crippen molar-refractivity contribution in [1.29, 1.82) is 0 Å². The molecule has 0 aromatic carbocycles. The first kappa shape index (κ1) is 22.5. The normalized spacial score (nSPS) is 54.0. The number of aliphatic hydroxyl groups is 3. The van der Waals surface area contributed by atoms with Crippen LogP contribution in [0.5, 0.6) is 0 Å². The van der Waals surface area contributed by atoms with Crippen LogP contribution in [0.2, 0.25) is 0 Å². The van der Waals surface area contributed by atoms with Gasteiger partial charge in [0, 0.05) is 0 Å². The molecule has 0 unspecified atom stereocenters. The molecule has 5 nitrogen and oxygen atoms in total. The summed E-state index contributed by atoms with van der Waals surface area (Å²) < 4.78 is 0. The molecular weight excluding hydrogens is 380 g/mol. The molecule has 0 aromatic heterocycles. The van der Waals surface area contributed by atoms with Gasteiger partial charge in [0.25, 0.3) is 0 Å². The number of carboxylic acids is 1. The van der Waals surface area contributed by atoms with Crippen LogP contribution in [0.1, 0.15) is 85.5 Å². The predicted molar refractivity (Wildman–Crippen MR) is 115 cm³/mol. The lowest BCUT2D eigenvalue weighted by molar-refractivity contribution is -0.219. The molecule has 0 radical (unpaired) electrons. The highest BCUT2D eigenvalue weighted by molar-refractivity contribution is 5.77. The molecule has 30 heavy (non-hydrogen) atoms. The van der Waals surface area contributed by atoms with Gasteiger partial charge in [-0.1, -0.05) is 40.5 Å². The number of fused-ring (bicyclic) bond motifs is 5. The van der Waals surface area contributed by atoms with Gasteiger partial charge < -0.3 is 20.4 Å². The molecule has 0 saturated heterocycles. The summed E-state index contributed by atoms with van der Waals surface area (Å²) in [6, 6.07) is 0. The summed E-state index contributed by atoms with van der Waals surface area (Å²) in [5.74, 6) is 0.619. The van der Waals surface area contributed by atoms with Crippen LogP contribution in [0, 0.1) is 46.3 Å². The van der Waals surface area contributed by atoms with Gasteiger partial charge in [0.1, 0.15) is 0 Å². The fourth-order valence-electron chi connectivity index (χ4n) is 9.00. The average molecular weight is 423 g/mol. The van der Waals surface area contributed by atoms with E-state index in [1.807, 2.05) is 0 Å². The van der Waals surface area contributed by atoms with E-state index in [0.717, 1.165) is 19.3 Å². The van der Waals surface area contributed by atoms with Crippen molar-refractivity contribution in [2.75, 3.05) is 0 Å². The highest BCUT2D eigenvalue weighted by atomic mass is 16.4. The van der Waals surface area contributed by atoms with Crippen LogP contribution in [0.3, 0.4) is 0 Å². The standard InChI is InChI=1S/C25H42O5/c1-5-6-14(2)16-7-8-17-21-18(12-20(27)24(16,17)4)23(3)9-10-25(30,22(28)29)13-15(23)11-19(21)26/h14-21,26-27,30H,5-13H2,1-4H3,(H,28,29)/t14-,15-,16-,17+,18+,19+,20+,21+,23+,24-,25-/m1/s1. The SMILES string of the molecule is CCC[C@@H](C)[C@H]1CC[C@H]2[C@@H]3[C@@H](O)C[C@@H]4C[C@@](O)(C(=O)O)CC[C@]4(C)[C@H]3C[C@H](O)[C@]12C. The molecule has 0 aromatic rings. The van der Waals surface area contributed by atoms with Crippen molar-refractivity contribution in [2.24, 2.45) is 46.3 Å². The molecule has 0 amide bonds. The van der Waals surface area contributed by atoms with E-state index < -0.39 is 17.7 Å². The first-order valence-corrected chi connectivity index (χ1v) is 12.3. The summed E-state index contributed by atoms with van der Waals surface area (Å²) in [5, 5.41) is 43.0. The van der Waals surface area contributed by atoms with Gasteiger partial charge in [0.05, 0.1) is 12.2 Å². The lowest BCUT2D eigenvalue weighted by Crippen LogP contribution is -2.63. The molecule has 5 heteroatoms. The van der Waals surface area contributed by atoms with Crippen molar-refractivity contribution in [2.45, 2.75) is 103 Å². The van der Waals surface area contributed by atoms with Gasteiger partial charge >= 0.3 is 5.97 Å². The number of hydrogen-bond acceptors (Lipinski definition) is 4. The zero-order valence-electron chi connectivity index (χ0n) is 19.2. The van der Waals surface area contributed by atoms with Crippen LogP contribution >= 0.6 is 0 Å². The average Bonchev–Trinajstić information content (AvgIpc) is 3.03. The molecule has 0 bridgehead atoms. The number of carbonyl (C=O) groups is 1. The van der Waals surface area contributed by atoms with Crippen molar-refractivity contribution in [3.63, 3.8) is 0 Å². The van der Waals surface area contributed by atoms with Crippen LogP contribution in [-0.4, -0.2) is 44.2 Å². The topological polar surface area (TPSA) is 98.0 Å². The fourth-order valence-corrected chi connectivity index (χ4v) is 9.00. The van der Waals surface area contributed by atoms with Crippen molar-refractivity contribution in [3.05, 3.63) is 0 Å². The quantitative estimate of drug-likeness (QED) is 0.552. The van der Waals surface area contributed by atoms with Crippen molar-refractivity contribution in [1.82, 2.24) is 0 Å². The Hall–Kier alpha value is -0.650. The number of aliphatic carboxylic acids is 1. The van der Waals surface area contributed by atoms with Gasteiger partial charge in [-0.15, -0.1) is 0 Å². The van der Waals surface area contributed by atoms with Gasteiger partial charge in [-0.05, 0) is 91.3 Å². The second kappa shape index (κ2) is 7.45. The summed E-state index contributed by atoms with van der Waals surface area (Å²) in [6.07, 6.45) is 6.11. The maximum Gasteiger partial charge on any atom is 0.335 e. The molecule has 0 spiro atoms. The fraction of sp³-hybridized carbons (Fsp3) is 0.960. The highest BCUT2D eigenvalue weighted by Gasteiger charge is 2.66. The smallest absolute Gasteiger partial charge is 0.335 e. The highest BCUT2D eigenvalue weighted by Crippen LogP contribution is 2.68. The Kier molecular flexibility index (Phi) is 5.60. The van der Waals surface area contributed by atoms with Crippen molar-refractivity contribution in [3.8, 4) is 0 Å². The van der Waals surface area contributed by atoms with Crippen LogP contribution in [0.4, 0.5) is 0 Å². The minimum absolute atomic E-state index is 0.0172. The third-order valence-corrected chi connectivity index (χ3v) is 10.8. The number of aliphatic hydroxyl groups excluding tert-OH is 2. The molecule has 4 aliphatic rings. The first-order valence-electron chi connectivity index (χ1n) is 12.3. The van der Waals surface area contributed by atoms with Crippen molar-refractivity contribution < 1.29 is 25.2 Å². The lowest BCUT2D eigenvalue weighted by atomic mass is 9.42. The number of carboxylic acid groups (broad SMARTS) is 1. The summed E-state index contributed by atoms with van der Waals surface area (Å²) in [6.45, 7) is 9.09. The van der Waals surface area contributed by atoms with E-state index in [4.69, 9.17) is 0 Å². The van der Waals surface area contributed by atoms with E-state index in [1.165, 1.54) is 6.42 Å². The van der Waals surface area contributed by atoms with E-state index >= 15 is 0 Å². The Morgan fingerprint density at radius 3 is 2.43 bits per heavy atom. The summed E-state index contributed by atoms with van der Waals surface area (Å²) in [7, 11) is 0. The third kappa shape index (κ3) is 3.02. The van der Waals surface area contributed by atoms with Gasteiger partial charge in [-0.25, -0.2) is 4.79 Å². The lowest BCUT2D eigenvalue weighted by Gasteiger charge is -2.64. The summed E-state index contributed by atoms with van der Waals surface area (Å²) in [4.78, 5) is 11.7. The Bertz CT molecular complexity index is 680. The van der Waals surface area contributed by atoms with Gasteiger partial charge in [0.15, 0.2) is 5.60 Å². The molecule has 0 heterocycles. The van der Waals surface area contributed by atoms with Gasteiger partial charge in [-0.2, -0.15) is 0 Å². The minimum Gasteiger partial charge on any atom is -0.479 e. The zero-order valence-corrected chi connectivity index (χ0v) is 19.2. The van der Waals surface area contributed by atoms with Crippen LogP contribution < -0.4 is 0 Å². The molecule has 4 saturated carbocycles. The van der Waals surface area contributed by atoms with Crippen LogP contribution in [0.15, 0.2) is 0 Å². The molecule has 4 N–H and O–H groups in total. The molecule has 4 fully saturated rings. The van der Waals surface area contributed by atoms with Crippen molar-refractivity contribution >= 4 is 5.97 Å². The maximum absolute atomic E-state index is 11.7.